The Hall–Kier alpha value is -3.53. The summed E-state index contributed by atoms with van der Waals surface area (Å²) in [6.45, 7) is 1.18. The number of H-pyrrole nitrogens is 1. The summed E-state index contributed by atoms with van der Waals surface area (Å²) in [4.78, 5) is 29.2. The molecule has 0 unspecified atom stereocenters. The van der Waals surface area contributed by atoms with E-state index in [4.69, 9.17) is 5.73 Å². The summed E-state index contributed by atoms with van der Waals surface area (Å²) < 4.78 is 15.5. The Balaban J connectivity index is 1.51. The number of benzene rings is 2. The number of carbonyl (C=O) groups is 2. The van der Waals surface area contributed by atoms with Crippen molar-refractivity contribution in [2.24, 2.45) is 11.7 Å². The molecule has 2 fully saturated rings. The molecule has 1 aromatic heterocycles. The van der Waals surface area contributed by atoms with Gasteiger partial charge in [-0.25, -0.2) is 4.39 Å². The summed E-state index contributed by atoms with van der Waals surface area (Å²) in [5, 5.41) is 4.63. The number of halogens is 1. The molecule has 1 saturated carbocycles. The van der Waals surface area contributed by atoms with Crippen LogP contribution in [-0.4, -0.2) is 35.9 Å². The second-order valence-corrected chi connectivity index (χ2v) is 8.73. The van der Waals surface area contributed by atoms with Gasteiger partial charge in [0.25, 0.3) is 5.91 Å². The molecule has 0 bridgehead atoms. The lowest BCUT2D eigenvalue weighted by molar-refractivity contribution is -0.117. The van der Waals surface area contributed by atoms with Gasteiger partial charge < -0.3 is 20.9 Å². The maximum absolute atomic E-state index is 15.5. The van der Waals surface area contributed by atoms with Crippen molar-refractivity contribution in [1.82, 2.24) is 10.3 Å². The third-order valence-electron chi connectivity index (χ3n) is 6.20. The zero-order valence-electron chi connectivity index (χ0n) is 17.7. The highest BCUT2D eigenvalue weighted by molar-refractivity contribution is 6.15. The van der Waals surface area contributed by atoms with Gasteiger partial charge in [-0.2, -0.15) is 0 Å². The maximum atomic E-state index is 15.5. The molecule has 7 heteroatoms. The predicted molar refractivity (Wildman–Crippen MR) is 123 cm³/mol. The molecule has 0 radical (unpaired) electrons. The number of piperidine rings is 1. The van der Waals surface area contributed by atoms with Crippen molar-refractivity contribution in [2.75, 3.05) is 18.0 Å². The zero-order valence-corrected chi connectivity index (χ0v) is 17.7. The van der Waals surface area contributed by atoms with Gasteiger partial charge in [0.1, 0.15) is 5.82 Å². The highest BCUT2D eigenvalue weighted by Gasteiger charge is 2.27. The lowest BCUT2D eigenvalue weighted by Gasteiger charge is -2.35. The van der Waals surface area contributed by atoms with E-state index >= 15 is 4.39 Å². The molecule has 0 spiro atoms. The molecule has 1 aliphatic carbocycles. The molecular weight excluding hydrogens is 407 g/mol. The summed E-state index contributed by atoms with van der Waals surface area (Å²) in [6.07, 6.45) is 3.75. The Kier molecular flexibility index (Phi) is 5.22. The molecule has 2 aromatic carbocycles. The van der Waals surface area contributed by atoms with Gasteiger partial charge in [-0.15, -0.1) is 0 Å². The van der Waals surface area contributed by atoms with Gasteiger partial charge in [-0.1, -0.05) is 24.1 Å². The Morgan fingerprint density at radius 1 is 1.25 bits per heavy atom. The Morgan fingerprint density at radius 3 is 2.84 bits per heavy atom. The smallest absolute Gasteiger partial charge is 0.296 e. The fourth-order valence-corrected chi connectivity index (χ4v) is 4.59. The minimum absolute atomic E-state index is 0.0428. The van der Waals surface area contributed by atoms with Gasteiger partial charge >= 0.3 is 0 Å². The van der Waals surface area contributed by atoms with Crippen LogP contribution < -0.4 is 16.0 Å². The lowest BCUT2D eigenvalue weighted by Crippen LogP contribution is -2.47. The first kappa shape index (κ1) is 20.4. The van der Waals surface area contributed by atoms with Crippen molar-refractivity contribution >= 4 is 39.3 Å². The number of carbonyl (C=O) groups excluding carboxylic acids is 2. The molecule has 1 atom stereocenters. The molecule has 2 amide bonds. The number of hydrogen-bond donors (Lipinski definition) is 3. The van der Waals surface area contributed by atoms with Crippen LogP contribution in [0.1, 0.15) is 31.2 Å². The molecule has 164 valence electrons. The van der Waals surface area contributed by atoms with Gasteiger partial charge in [-0.05, 0) is 49.3 Å². The monoisotopic (exact) mass is 432 g/mol. The number of primary amides is 1. The maximum Gasteiger partial charge on any atom is 0.296 e. The highest BCUT2D eigenvalue weighted by atomic mass is 19.1. The van der Waals surface area contributed by atoms with Crippen molar-refractivity contribution in [1.29, 1.82) is 0 Å². The average molecular weight is 432 g/mol. The molecule has 2 aliphatic rings. The molecule has 5 rings (SSSR count). The summed E-state index contributed by atoms with van der Waals surface area (Å²) in [5.74, 6) is 4.88. The largest absolute Gasteiger partial charge is 0.369 e. The topological polar surface area (TPSA) is 91.2 Å². The molecule has 32 heavy (non-hydrogen) atoms. The number of hydrogen-bond acceptors (Lipinski definition) is 3. The molecule has 2 heterocycles. The second kappa shape index (κ2) is 8.19. The van der Waals surface area contributed by atoms with E-state index in [-0.39, 0.29) is 24.2 Å². The van der Waals surface area contributed by atoms with Crippen molar-refractivity contribution < 1.29 is 14.0 Å². The minimum atomic E-state index is -0.509. The molecule has 4 N–H and O–H groups in total. The van der Waals surface area contributed by atoms with E-state index in [0.717, 1.165) is 47.5 Å². The zero-order chi connectivity index (χ0) is 22.2. The second-order valence-electron chi connectivity index (χ2n) is 8.73. The van der Waals surface area contributed by atoms with Crippen LogP contribution in [0.25, 0.3) is 21.8 Å². The van der Waals surface area contributed by atoms with Crippen LogP contribution >= 0.6 is 0 Å². The molecule has 6 nitrogen and oxygen atoms in total. The van der Waals surface area contributed by atoms with E-state index in [1.165, 1.54) is 6.07 Å². The number of anilines is 1. The number of rotatable bonds is 4. The van der Waals surface area contributed by atoms with E-state index in [1.807, 2.05) is 29.2 Å². The number of fused-ring (bicyclic) bond motifs is 3. The number of amides is 2. The SMILES string of the molecule is NC(=O)Cc1cc(F)c(N2CCC[C@H](NC(=O)C#CC3CC3)C2)c2c1[nH]c1ccccc12. The van der Waals surface area contributed by atoms with Crippen LogP contribution in [0.2, 0.25) is 0 Å². The number of nitrogens with two attached hydrogens (primary N) is 1. The van der Waals surface area contributed by atoms with Crippen LogP contribution in [0.15, 0.2) is 30.3 Å². The number of para-hydroxylation sites is 1. The normalized spacial score (nSPS) is 18.4. The minimum Gasteiger partial charge on any atom is -0.369 e. The van der Waals surface area contributed by atoms with Crippen LogP contribution in [-0.2, 0) is 16.0 Å². The third-order valence-corrected chi connectivity index (χ3v) is 6.20. The first-order valence-electron chi connectivity index (χ1n) is 11.1. The first-order chi connectivity index (χ1) is 15.5. The fourth-order valence-electron chi connectivity index (χ4n) is 4.59. The van der Waals surface area contributed by atoms with E-state index < -0.39 is 5.91 Å². The molecular formula is C25H25FN4O2. The number of aromatic amines is 1. The van der Waals surface area contributed by atoms with Crippen molar-refractivity contribution in [3.05, 3.63) is 41.7 Å². The van der Waals surface area contributed by atoms with E-state index in [2.05, 4.69) is 22.1 Å². The van der Waals surface area contributed by atoms with E-state index in [9.17, 15) is 9.59 Å². The third kappa shape index (κ3) is 4.01. The molecule has 3 aromatic rings. The number of nitrogens with one attached hydrogen (secondary N) is 2. The van der Waals surface area contributed by atoms with Crippen LogP contribution in [0.5, 0.6) is 0 Å². The van der Waals surface area contributed by atoms with Gasteiger partial charge in [0.2, 0.25) is 5.91 Å². The Labute approximate surface area is 185 Å². The Morgan fingerprint density at radius 2 is 2.06 bits per heavy atom. The summed E-state index contributed by atoms with van der Waals surface area (Å²) in [5.41, 5.74) is 8.05. The van der Waals surface area contributed by atoms with Gasteiger partial charge in [-0.3, -0.25) is 9.59 Å². The van der Waals surface area contributed by atoms with Crippen LogP contribution in [0.4, 0.5) is 10.1 Å². The van der Waals surface area contributed by atoms with E-state index in [0.29, 0.717) is 30.3 Å². The summed E-state index contributed by atoms with van der Waals surface area (Å²) >= 11 is 0. The van der Waals surface area contributed by atoms with Crippen molar-refractivity contribution in [2.45, 2.75) is 38.1 Å². The predicted octanol–water partition coefficient (Wildman–Crippen LogP) is 2.99. The van der Waals surface area contributed by atoms with E-state index in [1.54, 1.807) is 0 Å². The van der Waals surface area contributed by atoms with Crippen LogP contribution in [0.3, 0.4) is 0 Å². The number of nitrogens with zero attached hydrogens (tertiary/aromatic N) is 1. The fraction of sp³-hybridized carbons (Fsp3) is 0.360. The summed E-state index contributed by atoms with van der Waals surface area (Å²) in [7, 11) is 0. The molecule has 1 saturated heterocycles. The quantitative estimate of drug-likeness (QED) is 0.554. The average Bonchev–Trinajstić information content (AvgIpc) is 3.51. The van der Waals surface area contributed by atoms with Gasteiger partial charge in [0.05, 0.1) is 17.6 Å². The van der Waals surface area contributed by atoms with Crippen LogP contribution in [0, 0.1) is 23.6 Å². The Bertz CT molecular complexity index is 1280. The molecule has 1 aliphatic heterocycles. The summed E-state index contributed by atoms with van der Waals surface area (Å²) in [6, 6.07) is 9.01. The van der Waals surface area contributed by atoms with Gasteiger partial charge in [0.15, 0.2) is 0 Å². The van der Waals surface area contributed by atoms with Gasteiger partial charge in [0, 0.05) is 41.3 Å². The first-order valence-corrected chi connectivity index (χ1v) is 11.1. The lowest BCUT2D eigenvalue weighted by atomic mass is 10.00. The highest BCUT2D eigenvalue weighted by Crippen LogP contribution is 2.39. The number of aromatic nitrogens is 1. The van der Waals surface area contributed by atoms with Crippen molar-refractivity contribution in [3.8, 4) is 11.8 Å². The standard InChI is InChI=1S/C25H25FN4O2/c26-19-12-16(13-21(27)31)24-23(18-5-1-2-6-20(18)29-24)25(19)30-11-3-4-17(14-30)28-22(32)10-9-15-7-8-15/h1-2,5-6,12,15,17,29H,3-4,7-8,11,13-14H2,(H2,27,31)(H,28,32)/t17-/m0/s1. The van der Waals surface area contributed by atoms with Crippen molar-refractivity contribution in [3.63, 3.8) is 0 Å².